The second-order valence-electron chi connectivity index (χ2n) is 5.07. The number of amides is 4. The molecule has 0 aliphatic carbocycles. The molecule has 1 heterocycles. The highest BCUT2D eigenvalue weighted by atomic mass is 16.2. The second kappa shape index (κ2) is 5.11. The van der Waals surface area contributed by atoms with Gasteiger partial charge in [0.05, 0.1) is 0 Å². The maximum Gasteiger partial charge on any atom is 0.332 e. The molecule has 2 aromatic rings. The van der Waals surface area contributed by atoms with Gasteiger partial charge in [-0.15, -0.1) is 0 Å². The molecule has 1 aliphatic heterocycles. The van der Waals surface area contributed by atoms with Crippen LogP contribution in [0.2, 0.25) is 0 Å². The number of rotatable bonds is 2. The third-order valence-corrected chi connectivity index (χ3v) is 3.75. The summed E-state index contributed by atoms with van der Waals surface area (Å²) in [7, 11) is 0. The van der Waals surface area contributed by atoms with Gasteiger partial charge in [-0.25, -0.2) is 4.79 Å². The zero-order chi connectivity index (χ0) is 15.7. The van der Waals surface area contributed by atoms with E-state index in [1.54, 1.807) is 48.5 Å². The first-order valence-electron chi connectivity index (χ1n) is 6.85. The van der Waals surface area contributed by atoms with E-state index in [9.17, 15) is 14.4 Å². The number of nitrogens with one attached hydrogen (secondary N) is 1. The quantitative estimate of drug-likeness (QED) is 0.862. The lowest BCUT2D eigenvalue weighted by Crippen LogP contribution is -2.45. The maximum atomic E-state index is 12.9. The van der Waals surface area contributed by atoms with E-state index < -0.39 is 23.4 Å². The number of carbonyl (C=O) groups is 3. The molecule has 5 heteroatoms. The Balaban J connectivity index is 2.25. The van der Waals surface area contributed by atoms with Crippen molar-refractivity contribution in [3.05, 3.63) is 71.8 Å². The number of hydrogen-bond donors (Lipinski definition) is 1. The first-order chi connectivity index (χ1) is 10.6. The van der Waals surface area contributed by atoms with E-state index in [0.29, 0.717) is 16.0 Å². The maximum absolute atomic E-state index is 12.9. The molecule has 1 saturated heterocycles. The van der Waals surface area contributed by atoms with Crippen LogP contribution in [0.5, 0.6) is 0 Å². The Morgan fingerprint density at radius 3 is 1.73 bits per heavy atom. The standard InChI is InChI=1S/C17H14N2O3/c1-12(20)19-15(21)17(18-16(19)22,13-8-4-2-5-9-13)14-10-6-3-7-11-14/h2-11H,1H3,(H,18,22). The van der Waals surface area contributed by atoms with Gasteiger partial charge in [0.1, 0.15) is 0 Å². The summed E-state index contributed by atoms with van der Waals surface area (Å²) in [6.45, 7) is 1.20. The molecule has 22 heavy (non-hydrogen) atoms. The van der Waals surface area contributed by atoms with Crippen molar-refractivity contribution in [2.45, 2.75) is 12.5 Å². The Hall–Kier alpha value is -2.95. The van der Waals surface area contributed by atoms with Crippen LogP contribution in [-0.2, 0) is 15.1 Å². The first-order valence-corrected chi connectivity index (χ1v) is 6.85. The third kappa shape index (κ3) is 1.90. The van der Waals surface area contributed by atoms with Crippen molar-refractivity contribution >= 4 is 17.8 Å². The summed E-state index contributed by atoms with van der Waals surface area (Å²) >= 11 is 0. The number of urea groups is 1. The lowest BCUT2D eigenvalue weighted by atomic mass is 9.82. The Labute approximate surface area is 127 Å². The van der Waals surface area contributed by atoms with Crippen LogP contribution in [0.15, 0.2) is 60.7 Å². The van der Waals surface area contributed by atoms with Crippen LogP contribution in [-0.4, -0.2) is 22.7 Å². The fourth-order valence-electron chi connectivity index (χ4n) is 2.75. The fourth-order valence-corrected chi connectivity index (χ4v) is 2.75. The minimum absolute atomic E-state index is 0.581. The van der Waals surface area contributed by atoms with Crippen molar-refractivity contribution in [3.63, 3.8) is 0 Å². The molecular formula is C17H14N2O3. The van der Waals surface area contributed by atoms with Gasteiger partial charge in [-0.3, -0.25) is 9.59 Å². The molecule has 1 aliphatic rings. The molecule has 3 rings (SSSR count). The van der Waals surface area contributed by atoms with Crippen LogP contribution in [0, 0.1) is 0 Å². The van der Waals surface area contributed by atoms with Crippen LogP contribution < -0.4 is 5.32 Å². The van der Waals surface area contributed by atoms with E-state index in [1.807, 2.05) is 12.1 Å². The van der Waals surface area contributed by atoms with Gasteiger partial charge in [-0.1, -0.05) is 60.7 Å². The van der Waals surface area contributed by atoms with E-state index in [4.69, 9.17) is 0 Å². The summed E-state index contributed by atoms with van der Waals surface area (Å²) in [5.41, 5.74) is -0.141. The monoisotopic (exact) mass is 294 g/mol. The van der Waals surface area contributed by atoms with Gasteiger partial charge in [0.15, 0.2) is 5.54 Å². The molecule has 1 N–H and O–H groups in total. The lowest BCUT2D eigenvalue weighted by molar-refractivity contribution is -0.139. The molecule has 2 aromatic carbocycles. The Kier molecular flexibility index (Phi) is 3.25. The predicted octanol–water partition coefficient (Wildman–Crippen LogP) is 2.03. The number of carbonyl (C=O) groups excluding carboxylic acids is 3. The van der Waals surface area contributed by atoms with Gasteiger partial charge in [0.2, 0.25) is 5.91 Å². The highest BCUT2D eigenvalue weighted by Crippen LogP contribution is 2.35. The van der Waals surface area contributed by atoms with Crippen molar-refractivity contribution in [1.82, 2.24) is 10.2 Å². The summed E-state index contributed by atoms with van der Waals surface area (Å²) in [6.07, 6.45) is 0. The summed E-state index contributed by atoms with van der Waals surface area (Å²) in [5.74, 6) is -1.18. The van der Waals surface area contributed by atoms with Crippen molar-refractivity contribution < 1.29 is 14.4 Å². The molecule has 0 atom stereocenters. The van der Waals surface area contributed by atoms with Crippen molar-refractivity contribution in [3.8, 4) is 0 Å². The Morgan fingerprint density at radius 2 is 1.36 bits per heavy atom. The molecule has 1 fully saturated rings. The van der Waals surface area contributed by atoms with Gasteiger partial charge < -0.3 is 5.32 Å². The van der Waals surface area contributed by atoms with Crippen molar-refractivity contribution in [2.24, 2.45) is 0 Å². The van der Waals surface area contributed by atoms with Crippen LogP contribution >= 0.6 is 0 Å². The second-order valence-corrected chi connectivity index (χ2v) is 5.07. The lowest BCUT2D eigenvalue weighted by Gasteiger charge is -2.27. The van der Waals surface area contributed by atoms with Gasteiger partial charge in [-0.2, -0.15) is 4.90 Å². The molecule has 0 radical (unpaired) electrons. The van der Waals surface area contributed by atoms with E-state index >= 15 is 0 Å². The highest BCUT2D eigenvalue weighted by Gasteiger charge is 2.55. The van der Waals surface area contributed by atoms with Gasteiger partial charge in [-0.05, 0) is 11.1 Å². The summed E-state index contributed by atoms with van der Waals surface area (Å²) in [4.78, 5) is 37.4. The van der Waals surface area contributed by atoms with Gasteiger partial charge in [0, 0.05) is 6.92 Å². The smallest absolute Gasteiger partial charge is 0.315 e. The molecule has 4 amide bonds. The molecule has 0 spiro atoms. The molecule has 0 saturated carbocycles. The van der Waals surface area contributed by atoms with E-state index in [-0.39, 0.29) is 0 Å². The largest absolute Gasteiger partial charge is 0.332 e. The van der Waals surface area contributed by atoms with Crippen LogP contribution in [0.1, 0.15) is 18.1 Å². The molecule has 0 unspecified atom stereocenters. The van der Waals surface area contributed by atoms with E-state index in [0.717, 1.165) is 0 Å². The van der Waals surface area contributed by atoms with E-state index in [1.165, 1.54) is 6.92 Å². The van der Waals surface area contributed by atoms with Crippen LogP contribution in [0.25, 0.3) is 0 Å². The number of benzene rings is 2. The fraction of sp³-hybridized carbons (Fsp3) is 0.118. The van der Waals surface area contributed by atoms with Crippen molar-refractivity contribution in [1.29, 1.82) is 0 Å². The number of imide groups is 3. The number of hydrogen-bond acceptors (Lipinski definition) is 3. The Bertz CT molecular complexity index is 702. The predicted molar refractivity (Wildman–Crippen MR) is 79.7 cm³/mol. The molecule has 110 valence electrons. The minimum atomic E-state index is -1.37. The normalized spacial score (nSPS) is 16.5. The molecular weight excluding hydrogens is 280 g/mol. The molecule has 5 nitrogen and oxygen atoms in total. The zero-order valence-corrected chi connectivity index (χ0v) is 11.9. The molecule has 0 aromatic heterocycles. The Morgan fingerprint density at radius 1 is 0.909 bits per heavy atom. The minimum Gasteiger partial charge on any atom is -0.315 e. The first kappa shape index (κ1) is 14.0. The van der Waals surface area contributed by atoms with Gasteiger partial charge >= 0.3 is 6.03 Å². The number of nitrogens with zero attached hydrogens (tertiary/aromatic N) is 1. The summed E-state index contributed by atoms with van der Waals surface area (Å²) in [5, 5.41) is 2.70. The highest BCUT2D eigenvalue weighted by molar-refractivity contribution is 6.19. The third-order valence-electron chi connectivity index (χ3n) is 3.75. The topological polar surface area (TPSA) is 66.5 Å². The van der Waals surface area contributed by atoms with Crippen LogP contribution in [0.3, 0.4) is 0 Å². The zero-order valence-electron chi connectivity index (χ0n) is 11.9. The average Bonchev–Trinajstić information content (AvgIpc) is 2.81. The molecule has 0 bridgehead atoms. The SMILES string of the molecule is CC(=O)N1C(=O)NC(c2ccccc2)(c2ccccc2)C1=O. The average molecular weight is 294 g/mol. The van der Waals surface area contributed by atoms with E-state index in [2.05, 4.69) is 5.32 Å². The van der Waals surface area contributed by atoms with Crippen LogP contribution in [0.4, 0.5) is 4.79 Å². The summed E-state index contributed by atoms with van der Waals surface area (Å²) < 4.78 is 0. The van der Waals surface area contributed by atoms with Crippen molar-refractivity contribution in [2.75, 3.05) is 0 Å². The van der Waals surface area contributed by atoms with Gasteiger partial charge in [0.25, 0.3) is 5.91 Å². The summed E-state index contributed by atoms with van der Waals surface area (Å²) in [6, 6.07) is 17.1.